The van der Waals surface area contributed by atoms with Gasteiger partial charge in [-0.1, -0.05) is 0 Å². The van der Waals surface area contributed by atoms with Gasteiger partial charge in [-0.05, 0) is 36.4 Å². The average molecular weight is 278 g/mol. The molecule has 2 aromatic carbocycles. The largest absolute Gasteiger partial charge is 0.506 e. The van der Waals surface area contributed by atoms with Gasteiger partial charge in [0.05, 0.1) is 15.5 Å². The lowest BCUT2D eigenvalue weighted by Crippen LogP contribution is -2.02. The zero-order valence-corrected chi connectivity index (χ0v) is 11.1. The number of rotatable bonds is 3. The summed E-state index contributed by atoms with van der Waals surface area (Å²) < 4.78 is 24.6. The Morgan fingerprint density at radius 1 is 1.05 bits per heavy atom. The van der Waals surface area contributed by atoms with Crippen LogP contribution in [0.25, 0.3) is 0 Å². The zero-order chi connectivity index (χ0) is 14.0. The molecule has 0 spiro atoms. The Morgan fingerprint density at radius 3 is 2.16 bits per heavy atom. The van der Waals surface area contributed by atoms with Crippen molar-refractivity contribution in [2.24, 2.45) is 0 Å². The number of phenols is 1. The lowest BCUT2D eigenvalue weighted by atomic mass is 10.3. The van der Waals surface area contributed by atoms with Crippen LogP contribution in [0.1, 0.15) is 0 Å². The minimum Gasteiger partial charge on any atom is -0.506 e. The fourth-order valence-corrected chi connectivity index (χ4v) is 2.91. The lowest BCUT2D eigenvalue weighted by Gasteiger charge is -2.07. The topological polar surface area (TPSA) is 92.4 Å². The summed E-state index contributed by atoms with van der Waals surface area (Å²) >= 11 is 0. The van der Waals surface area contributed by atoms with E-state index in [0.29, 0.717) is 0 Å². The molecule has 0 unspecified atom stereocenters. The SMILES string of the molecule is CNc1ccc(S(=O)(=O)c2ccc(N)c(O)c2)cc1. The molecule has 2 rings (SSSR count). The monoisotopic (exact) mass is 278 g/mol. The summed E-state index contributed by atoms with van der Waals surface area (Å²) in [5.41, 5.74) is 6.42. The van der Waals surface area contributed by atoms with Crippen LogP contribution in [-0.4, -0.2) is 20.6 Å². The van der Waals surface area contributed by atoms with Crippen LogP contribution >= 0.6 is 0 Å². The van der Waals surface area contributed by atoms with Crippen LogP contribution < -0.4 is 11.1 Å². The summed E-state index contributed by atoms with van der Waals surface area (Å²) in [5.74, 6) is -0.243. The van der Waals surface area contributed by atoms with Gasteiger partial charge in [0.25, 0.3) is 0 Å². The van der Waals surface area contributed by atoms with Gasteiger partial charge in [-0.2, -0.15) is 0 Å². The molecule has 0 atom stereocenters. The number of anilines is 2. The first-order valence-corrected chi connectivity index (χ1v) is 7.05. The quantitative estimate of drug-likeness (QED) is 0.588. The number of phenolic OH excluding ortho intramolecular Hbond substituents is 1. The molecule has 5 nitrogen and oxygen atoms in total. The predicted octanol–water partition coefficient (Wildman–Crippen LogP) is 1.85. The molecular formula is C13H14N2O3S. The minimum atomic E-state index is -3.65. The van der Waals surface area contributed by atoms with E-state index in [1.54, 1.807) is 19.2 Å². The van der Waals surface area contributed by atoms with E-state index in [-0.39, 0.29) is 21.2 Å². The highest BCUT2D eigenvalue weighted by molar-refractivity contribution is 7.91. The van der Waals surface area contributed by atoms with E-state index in [2.05, 4.69) is 5.32 Å². The van der Waals surface area contributed by atoms with Crippen molar-refractivity contribution in [3.05, 3.63) is 42.5 Å². The number of benzene rings is 2. The van der Waals surface area contributed by atoms with Crippen molar-refractivity contribution in [3.63, 3.8) is 0 Å². The zero-order valence-electron chi connectivity index (χ0n) is 10.3. The molecular weight excluding hydrogens is 264 g/mol. The van der Waals surface area contributed by atoms with Gasteiger partial charge >= 0.3 is 0 Å². The maximum absolute atomic E-state index is 12.3. The molecule has 6 heteroatoms. The molecule has 0 fully saturated rings. The summed E-state index contributed by atoms with van der Waals surface area (Å²) in [6.07, 6.45) is 0. The Labute approximate surface area is 111 Å². The van der Waals surface area contributed by atoms with Crippen molar-refractivity contribution in [3.8, 4) is 5.75 Å². The highest BCUT2D eigenvalue weighted by atomic mass is 32.2. The van der Waals surface area contributed by atoms with Crippen LogP contribution in [0.4, 0.5) is 11.4 Å². The van der Waals surface area contributed by atoms with Crippen molar-refractivity contribution in [1.29, 1.82) is 0 Å². The van der Waals surface area contributed by atoms with Gasteiger partial charge in [-0.3, -0.25) is 0 Å². The molecule has 0 aromatic heterocycles. The maximum atomic E-state index is 12.3. The van der Waals surface area contributed by atoms with Gasteiger partial charge in [-0.15, -0.1) is 0 Å². The third-order valence-corrected chi connectivity index (χ3v) is 4.53. The van der Waals surface area contributed by atoms with Gasteiger partial charge < -0.3 is 16.2 Å². The summed E-state index contributed by atoms with van der Waals surface area (Å²) in [7, 11) is -1.90. The van der Waals surface area contributed by atoms with E-state index in [4.69, 9.17) is 5.73 Å². The lowest BCUT2D eigenvalue weighted by molar-refractivity contribution is 0.476. The fraction of sp³-hybridized carbons (Fsp3) is 0.0769. The molecule has 0 bridgehead atoms. The molecule has 0 amide bonds. The van der Waals surface area contributed by atoms with Crippen molar-refractivity contribution < 1.29 is 13.5 Å². The van der Waals surface area contributed by atoms with Gasteiger partial charge in [0.1, 0.15) is 5.75 Å². The van der Waals surface area contributed by atoms with Crippen LogP contribution in [0, 0.1) is 0 Å². The fourth-order valence-electron chi connectivity index (χ4n) is 1.63. The maximum Gasteiger partial charge on any atom is 0.206 e. The molecule has 0 aliphatic carbocycles. The number of aromatic hydroxyl groups is 1. The summed E-state index contributed by atoms with van der Waals surface area (Å²) in [4.78, 5) is 0.173. The van der Waals surface area contributed by atoms with E-state index in [1.165, 1.54) is 24.3 Å². The Bertz CT molecular complexity index is 694. The average Bonchev–Trinajstić information content (AvgIpc) is 2.41. The van der Waals surface area contributed by atoms with E-state index < -0.39 is 9.84 Å². The van der Waals surface area contributed by atoms with Crippen LogP contribution in [0.2, 0.25) is 0 Å². The van der Waals surface area contributed by atoms with Gasteiger partial charge in [0.2, 0.25) is 9.84 Å². The molecule has 100 valence electrons. The third-order valence-electron chi connectivity index (χ3n) is 2.77. The molecule has 19 heavy (non-hydrogen) atoms. The van der Waals surface area contributed by atoms with E-state index in [9.17, 15) is 13.5 Å². The Kier molecular flexibility index (Phi) is 3.35. The normalized spacial score (nSPS) is 11.2. The van der Waals surface area contributed by atoms with E-state index in [1.807, 2.05) is 0 Å². The highest BCUT2D eigenvalue weighted by Gasteiger charge is 2.18. The first kappa shape index (κ1) is 13.2. The summed E-state index contributed by atoms with van der Waals surface area (Å²) in [6.45, 7) is 0. The molecule has 0 saturated heterocycles. The molecule has 0 aliphatic heterocycles. The van der Waals surface area contributed by atoms with Gasteiger partial charge in [-0.25, -0.2) is 8.42 Å². The van der Waals surface area contributed by atoms with E-state index >= 15 is 0 Å². The smallest absolute Gasteiger partial charge is 0.206 e. The molecule has 2 aromatic rings. The molecule has 0 saturated carbocycles. The van der Waals surface area contributed by atoms with Crippen molar-refractivity contribution >= 4 is 21.2 Å². The second kappa shape index (κ2) is 4.81. The Morgan fingerprint density at radius 2 is 1.63 bits per heavy atom. The number of nitrogen functional groups attached to an aromatic ring is 1. The molecule has 0 heterocycles. The number of sulfone groups is 1. The second-order valence-electron chi connectivity index (χ2n) is 4.00. The number of hydrogen-bond acceptors (Lipinski definition) is 5. The first-order valence-electron chi connectivity index (χ1n) is 5.56. The highest BCUT2D eigenvalue weighted by Crippen LogP contribution is 2.28. The number of nitrogens with one attached hydrogen (secondary N) is 1. The standard InChI is InChI=1S/C13H14N2O3S/c1-15-9-2-4-10(5-3-9)19(17,18)11-6-7-12(14)13(16)8-11/h2-8,15-16H,14H2,1H3. The summed E-state index contributed by atoms with van der Waals surface area (Å²) in [6, 6.07) is 10.2. The van der Waals surface area contributed by atoms with Crippen LogP contribution in [0.5, 0.6) is 5.75 Å². The Hall–Kier alpha value is -2.21. The van der Waals surface area contributed by atoms with Crippen LogP contribution in [-0.2, 0) is 9.84 Å². The van der Waals surface area contributed by atoms with Crippen molar-refractivity contribution in [1.82, 2.24) is 0 Å². The van der Waals surface area contributed by atoms with Crippen molar-refractivity contribution in [2.75, 3.05) is 18.1 Å². The molecule has 0 aliphatic rings. The number of hydrogen-bond donors (Lipinski definition) is 3. The second-order valence-corrected chi connectivity index (χ2v) is 5.95. The van der Waals surface area contributed by atoms with E-state index in [0.717, 1.165) is 11.8 Å². The van der Waals surface area contributed by atoms with Gasteiger partial charge in [0.15, 0.2) is 0 Å². The molecule has 0 radical (unpaired) electrons. The third kappa shape index (κ3) is 2.48. The summed E-state index contributed by atoms with van der Waals surface area (Å²) in [5, 5.41) is 12.4. The first-order chi connectivity index (χ1) is 8.95. The van der Waals surface area contributed by atoms with Crippen LogP contribution in [0.3, 0.4) is 0 Å². The number of nitrogens with two attached hydrogens (primary N) is 1. The Balaban J connectivity index is 2.48. The van der Waals surface area contributed by atoms with Crippen LogP contribution in [0.15, 0.2) is 52.3 Å². The predicted molar refractivity (Wildman–Crippen MR) is 74.0 cm³/mol. The molecule has 4 N–H and O–H groups in total. The minimum absolute atomic E-state index is 0.0106. The van der Waals surface area contributed by atoms with Crippen molar-refractivity contribution in [2.45, 2.75) is 9.79 Å². The van der Waals surface area contributed by atoms with Gasteiger partial charge in [0, 0.05) is 18.8 Å².